The number of para-hydroxylation sites is 1. The molecule has 0 aliphatic carbocycles. The number of hydrogen-bond donors (Lipinski definition) is 1. The first kappa shape index (κ1) is 20.4. The summed E-state index contributed by atoms with van der Waals surface area (Å²) >= 11 is 1.70. The summed E-state index contributed by atoms with van der Waals surface area (Å²) in [5.74, 6) is 1.35. The molecule has 1 aliphatic heterocycles. The molecule has 1 saturated heterocycles. The Balaban J connectivity index is 1.26. The van der Waals surface area contributed by atoms with Gasteiger partial charge in [0.15, 0.2) is 5.13 Å². The molecule has 4 rings (SSSR count). The third-order valence-electron chi connectivity index (χ3n) is 5.29. The maximum atomic E-state index is 12.4. The zero-order chi connectivity index (χ0) is 20.9. The minimum atomic E-state index is -0.101. The molecule has 1 fully saturated rings. The average molecular weight is 427 g/mol. The highest BCUT2D eigenvalue weighted by Gasteiger charge is 2.20. The lowest BCUT2D eigenvalue weighted by Gasteiger charge is -2.34. The zero-order valence-corrected chi connectivity index (χ0v) is 18.1. The van der Waals surface area contributed by atoms with Crippen molar-refractivity contribution in [1.82, 2.24) is 15.2 Å². The second-order valence-corrected chi connectivity index (χ2v) is 8.12. The van der Waals surface area contributed by atoms with Crippen molar-refractivity contribution in [2.24, 2.45) is 0 Å². The average Bonchev–Trinajstić information content (AvgIpc) is 3.22. The number of amides is 1. The van der Waals surface area contributed by atoms with Crippen molar-refractivity contribution < 1.29 is 14.3 Å². The van der Waals surface area contributed by atoms with Gasteiger partial charge in [-0.15, -0.1) is 0 Å². The number of fused-ring (bicyclic) bond motifs is 1. The maximum Gasteiger partial charge on any atom is 0.255 e. The van der Waals surface area contributed by atoms with E-state index in [1.165, 1.54) is 0 Å². The number of aromatic nitrogens is 1. The van der Waals surface area contributed by atoms with Crippen LogP contribution in [-0.2, 0) is 0 Å². The summed E-state index contributed by atoms with van der Waals surface area (Å²) < 4.78 is 11.7. The fourth-order valence-electron chi connectivity index (χ4n) is 3.57. The first-order valence-electron chi connectivity index (χ1n) is 10.0. The number of rotatable bonds is 7. The van der Waals surface area contributed by atoms with Gasteiger partial charge in [0.2, 0.25) is 0 Å². The van der Waals surface area contributed by atoms with Crippen LogP contribution in [0.5, 0.6) is 11.5 Å². The number of benzene rings is 2. The van der Waals surface area contributed by atoms with Gasteiger partial charge in [0, 0.05) is 39.3 Å². The number of carbonyl (C=O) groups excluding carboxylic acids is 1. The monoisotopic (exact) mass is 426 g/mol. The van der Waals surface area contributed by atoms with Gasteiger partial charge in [-0.05, 0) is 30.3 Å². The summed E-state index contributed by atoms with van der Waals surface area (Å²) in [5.41, 5.74) is 1.58. The molecule has 30 heavy (non-hydrogen) atoms. The SMILES string of the molecule is COc1ccc2nc(N3CCN(CCNC(=O)c4ccccc4OC)CC3)sc2c1. The normalized spacial score (nSPS) is 14.7. The molecule has 2 heterocycles. The summed E-state index contributed by atoms with van der Waals surface area (Å²) in [6.45, 7) is 5.19. The van der Waals surface area contributed by atoms with Crippen molar-refractivity contribution in [2.75, 3.05) is 58.4 Å². The van der Waals surface area contributed by atoms with Crippen LogP contribution >= 0.6 is 11.3 Å². The van der Waals surface area contributed by atoms with Gasteiger partial charge >= 0.3 is 0 Å². The van der Waals surface area contributed by atoms with Crippen LogP contribution in [0.1, 0.15) is 10.4 Å². The van der Waals surface area contributed by atoms with Gasteiger partial charge in [-0.1, -0.05) is 23.5 Å². The Morgan fingerprint density at radius 2 is 1.90 bits per heavy atom. The molecule has 7 nitrogen and oxygen atoms in total. The summed E-state index contributed by atoms with van der Waals surface area (Å²) in [6, 6.07) is 13.3. The molecule has 1 amide bonds. The topological polar surface area (TPSA) is 66.9 Å². The number of nitrogens with one attached hydrogen (secondary N) is 1. The molecule has 8 heteroatoms. The van der Waals surface area contributed by atoms with E-state index in [0.717, 1.165) is 53.8 Å². The van der Waals surface area contributed by atoms with Gasteiger partial charge in [-0.2, -0.15) is 0 Å². The number of carbonyl (C=O) groups is 1. The van der Waals surface area contributed by atoms with Gasteiger partial charge in [-0.3, -0.25) is 9.69 Å². The van der Waals surface area contributed by atoms with E-state index in [-0.39, 0.29) is 5.91 Å². The van der Waals surface area contributed by atoms with E-state index in [1.807, 2.05) is 30.3 Å². The molecule has 1 aromatic heterocycles. The van der Waals surface area contributed by atoms with E-state index >= 15 is 0 Å². The third kappa shape index (κ3) is 4.49. The van der Waals surface area contributed by atoms with Gasteiger partial charge in [0.05, 0.1) is 30.0 Å². The zero-order valence-electron chi connectivity index (χ0n) is 17.3. The number of hydrogen-bond acceptors (Lipinski definition) is 7. The molecule has 1 aliphatic rings. The molecule has 0 atom stereocenters. The van der Waals surface area contributed by atoms with Gasteiger partial charge < -0.3 is 19.7 Å². The molecular weight excluding hydrogens is 400 g/mol. The van der Waals surface area contributed by atoms with E-state index in [2.05, 4.69) is 15.1 Å². The van der Waals surface area contributed by atoms with Gasteiger partial charge in [0.25, 0.3) is 5.91 Å². The highest BCUT2D eigenvalue weighted by Crippen LogP contribution is 2.31. The Hall–Kier alpha value is -2.84. The van der Waals surface area contributed by atoms with Crippen molar-refractivity contribution in [1.29, 1.82) is 0 Å². The molecule has 2 aromatic carbocycles. The van der Waals surface area contributed by atoms with E-state index in [9.17, 15) is 4.79 Å². The number of methoxy groups -OCH3 is 2. The van der Waals surface area contributed by atoms with Crippen molar-refractivity contribution in [2.45, 2.75) is 0 Å². The molecule has 0 saturated carbocycles. The first-order chi connectivity index (χ1) is 14.7. The summed E-state index contributed by atoms with van der Waals surface area (Å²) in [6.07, 6.45) is 0. The van der Waals surface area contributed by atoms with Gasteiger partial charge in [0.1, 0.15) is 11.5 Å². The molecule has 158 valence electrons. The number of nitrogens with zero attached hydrogens (tertiary/aromatic N) is 3. The summed E-state index contributed by atoms with van der Waals surface area (Å²) in [5, 5.41) is 4.05. The lowest BCUT2D eigenvalue weighted by atomic mass is 10.2. The Bertz CT molecular complexity index is 1010. The molecule has 0 bridgehead atoms. The fraction of sp³-hybridized carbons (Fsp3) is 0.364. The number of ether oxygens (including phenoxy) is 2. The van der Waals surface area contributed by atoms with Crippen molar-refractivity contribution >= 4 is 32.6 Å². The second-order valence-electron chi connectivity index (χ2n) is 7.11. The standard InChI is InChI=1S/C22H26N4O3S/c1-28-16-7-8-18-20(15-16)30-22(24-18)26-13-11-25(12-14-26)10-9-23-21(27)17-5-3-4-6-19(17)29-2/h3-8,15H,9-14H2,1-2H3,(H,23,27). The molecule has 3 aromatic rings. The van der Waals surface area contributed by atoms with Crippen LogP contribution in [0.4, 0.5) is 5.13 Å². The number of anilines is 1. The van der Waals surface area contributed by atoms with Crippen LogP contribution in [0, 0.1) is 0 Å². The lowest BCUT2D eigenvalue weighted by Crippen LogP contribution is -2.48. The molecule has 0 radical (unpaired) electrons. The Kier molecular flexibility index (Phi) is 6.35. The molecule has 0 unspecified atom stereocenters. The molecule has 0 spiro atoms. The number of piperazine rings is 1. The van der Waals surface area contributed by atoms with Crippen LogP contribution in [0.15, 0.2) is 42.5 Å². The van der Waals surface area contributed by atoms with Crippen molar-refractivity contribution in [3.63, 3.8) is 0 Å². The minimum absolute atomic E-state index is 0.101. The highest BCUT2D eigenvalue weighted by molar-refractivity contribution is 7.22. The molecule has 1 N–H and O–H groups in total. The highest BCUT2D eigenvalue weighted by atomic mass is 32.1. The summed E-state index contributed by atoms with van der Waals surface area (Å²) in [7, 11) is 3.26. The fourth-order valence-corrected chi connectivity index (χ4v) is 4.62. The first-order valence-corrected chi connectivity index (χ1v) is 10.8. The van der Waals surface area contributed by atoms with Crippen LogP contribution in [-0.4, -0.2) is 69.3 Å². The Labute approximate surface area is 180 Å². The predicted molar refractivity (Wildman–Crippen MR) is 120 cm³/mol. The lowest BCUT2D eigenvalue weighted by molar-refractivity contribution is 0.0944. The molecular formula is C22H26N4O3S. The summed E-state index contributed by atoms with van der Waals surface area (Å²) in [4.78, 5) is 21.9. The number of thiazole rings is 1. The minimum Gasteiger partial charge on any atom is -0.497 e. The van der Waals surface area contributed by atoms with E-state index in [0.29, 0.717) is 17.9 Å². The predicted octanol–water partition coefficient (Wildman–Crippen LogP) is 2.87. The third-order valence-corrected chi connectivity index (χ3v) is 6.37. The van der Waals surface area contributed by atoms with Crippen molar-refractivity contribution in [3.8, 4) is 11.5 Å². The van der Waals surface area contributed by atoms with E-state index in [1.54, 1.807) is 37.7 Å². The van der Waals surface area contributed by atoms with Crippen LogP contribution < -0.4 is 19.7 Å². The quantitative estimate of drug-likeness (QED) is 0.627. The van der Waals surface area contributed by atoms with Gasteiger partial charge in [-0.25, -0.2) is 4.98 Å². The smallest absolute Gasteiger partial charge is 0.255 e. The van der Waals surface area contributed by atoms with E-state index < -0.39 is 0 Å². The largest absolute Gasteiger partial charge is 0.497 e. The van der Waals surface area contributed by atoms with Crippen molar-refractivity contribution in [3.05, 3.63) is 48.0 Å². The van der Waals surface area contributed by atoms with E-state index in [4.69, 9.17) is 14.5 Å². The van der Waals surface area contributed by atoms with Crippen LogP contribution in [0.25, 0.3) is 10.2 Å². The van der Waals surface area contributed by atoms with Crippen LogP contribution in [0.3, 0.4) is 0 Å². The Morgan fingerprint density at radius 1 is 1.10 bits per heavy atom. The van der Waals surface area contributed by atoms with Crippen LogP contribution in [0.2, 0.25) is 0 Å². The maximum absolute atomic E-state index is 12.4. The Morgan fingerprint density at radius 3 is 2.67 bits per heavy atom. The second kappa shape index (κ2) is 9.32.